The number of amides is 1. The third-order valence-corrected chi connectivity index (χ3v) is 4.58. The van der Waals surface area contributed by atoms with E-state index in [1.807, 2.05) is 31.2 Å². The van der Waals surface area contributed by atoms with E-state index < -0.39 is 6.09 Å². The van der Waals surface area contributed by atoms with E-state index >= 15 is 0 Å². The minimum atomic E-state index is -0.616. The monoisotopic (exact) mass is 464 g/mol. The van der Waals surface area contributed by atoms with Crippen LogP contribution in [0.5, 0.6) is 11.5 Å². The summed E-state index contributed by atoms with van der Waals surface area (Å²) in [5.41, 5.74) is 2.12. The zero-order valence-corrected chi connectivity index (χ0v) is 16.6. The molecule has 0 bridgehead atoms. The average molecular weight is 466 g/mol. The Bertz CT molecular complexity index is 960. The number of aryl methyl sites for hydroxylation is 1. The molecule has 3 rings (SSSR count). The Labute approximate surface area is 161 Å². The molecule has 1 aromatic heterocycles. The summed E-state index contributed by atoms with van der Waals surface area (Å²) in [5, 5.41) is 3.56. The van der Waals surface area contributed by atoms with Gasteiger partial charge in [0, 0.05) is 9.86 Å². The van der Waals surface area contributed by atoms with Gasteiger partial charge in [-0.2, -0.15) is 0 Å². The normalized spacial score (nSPS) is 10.6. The molecule has 3 aromatic rings. The van der Waals surface area contributed by atoms with Crippen molar-refractivity contribution >= 4 is 54.5 Å². The van der Waals surface area contributed by atoms with E-state index in [1.165, 1.54) is 0 Å². The fourth-order valence-electron chi connectivity index (χ4n) is 2.39. The minimum absolute atomic E-state index is 0.364. The summed E-state index contributed by atoms with van der Waals surface area (Å²) in [7, 11) is 1.55. The molecule has 0 aliphatic carbocycles. The van der Waals surface area contributed by atoms with E-state index in [4.69, 9.17) is 9.47 Å². The average Bonchev–Trinajstić information content (AvgIpc) is 2.56. The molecule has 0 saturated carbocycles. The first kappa shape index (κ1) is 17.7. The van der Waals surface area contributed by atoms with Crippen LogP contribution in [0.25, 0.3) is 10.9 Å². The van der Waals surface area contributed by atoms with Crippen LogP contribution in [0.2, 0.25) is 0 Å². The number of rotatable bonds is 3. The Balaban J connectivity index is 1.89. The van der Waals surface area contributed by atoms with Crippen LogP contribution < -0.4 is 14.8 Å². The second-order valence-corrected chi connectivity index (χ2v) is 6.96. The van der Waals surface area contributed by atoms with Crippen molar-refractivity contribution in [3.63, 3.8) is 0 Å². The fraction of sp³-hybridized carbons (Fsp3) is 0.111. The number of para-hydroxylation sites is 1. The molecule has 1 heterocycles. The van der Waals surface area contributed by atoms with Gasteiger partial charge in [-0.1, -0.05) is 18.2 Å². The molecule has 5 nitrogen and oxygen atoms in total. The topological polar surface area (TPSA) is 60.5 Å². The summed E-state index contributed by atoms with van der Waals surface area (Å²) in [4.78, 5) is 16.7. The molecule has 0 aliphatic heterocycles. The lowest BCUT2D eigenvalue weighted by molar-refractivity contribution is 0.215. The maximum absolute atomic E-state index is 12.3. The van der Waals surface area contributed by atoms with Gasteiger partial charge in [0.15, 0.2) is 5.75 Å². The predicted molar refractivity (Wildman–Crippen MR) is 105 cm³/mol. The fourth-order valence-corrected chi connectivity index (χ4v) is 3.64. The number of halogens is 2. The summed E-state index contributed by atoms with van der Waals surface area (Å²) in [5.74, 6) is 0.924. The van der Waals surface area contributed by atoms with E-state index in [-0.39, 0.29) is 0 Å². The molecule has 0 fully saturated rings. The van der Waals surface area contributed by atoms with Crippen LogP contribution in [0.1, 0.15) is 5.56 Å². The lowest BCUT2D eigenvalue weighted by atomic mass is 10.2. The second-order valence-electron chi connectivity index (χ2n) is 5.30. The van der Waals surface area contributed by atoms with Crippen molar-refractivity contribution in [3.8, 4) is 11.5 Å². The number of hydrogen-bond donors (Lipinski definition) is 1. The number of ether oxygens (including phenoxy) is 2. The Kier molecular flexibility index (Phi) is 5.24. The zero-order chi connectivity index (χ0) is 18.0. The van der Waals surface area contributed by atoms with Crippen LogP contribution in [-0.4, -0.2) is 18.2 Å². The molecular formula is C18H14Br2N2O3. The molecule has 0 unspecified atom stereocenters. The van der Waals surface area contributed by atoms with Gasteiger partial charge in [0.05, 0.1) is 12.8 Å². The first-order chi connectivity index (χ1) is 12.0. The highest BCUT2D eigenvalue weighted by Crippen LogP contribution is 2.32. The third kappa shape index (κ3) is 3.93. The molecule has 128 valence electrons. The first-order valence-corrected chi connectivity index (χ1v) is 8.95. The Morgan fingerprint density at radius 2 is 1.92 bits per heavy atom. The Morgan fingerprint density at radius 1 is 1.12 bits per heavy atom. The molecule has 1 N–H and O–H groups in total. The first-order valence-electron chi connectivity index (χ1n) is 7.36. The summed E-state index contributed by atoms with van der Waals surface area (Å²) >= 11 is 6.84. The molecule has 25 heavy (non-hydrogen) atoms. The SMILES string of the molecule is COc1ccc(C)cc1NC(=O)Oc1cccc2c(Br)cc(Br)nc12. The molecule has 0 radical (unpaired) electrons. The van der Waals surface area contributed by atoms with E-state index in [1.54, 1.807) is 25.3 Å². The van der Waals surface area contributed by atoms with Crippen molar-refractivity contribution in [1.29, 1.82) is 0 Å². The van der Waals surface area contributed by atoms with Crippen molar-refractivity contribution in [3.05, 3.63) is 57.1 Å². The number of anilines is 1. The van der Waals surface area contributed by atoms with Crippen LogP contribution in [0, 0.1) is 6.92 Å². The highest BCUT2D eigenvalue weighted by molar-refractivity contribution is 9.11. The standard InChI is InChI=1S/C18H14Br2N2O3/c1-10-6-7-14(24-2)13(8-10)21-18(23)25-15-5-3-4-11-12(19)9-16(20)22-17(11)15/h3-9H,1-2H3,(H,21,23). The molecular weight excluding hydrogens is 452 g/mol. The molecule has 1 amide bonds. The van der Waals surface area contributed by atoms with Crippen LogP contribution in [0.3, 0.4) is 0 Å². The summed E-state index contributed by atoms with van der Waals surface area (Å²) in [6.45, 7) is 1.93. The van der Waals surface area contributed by atoms with Gasteiger partial charge in [0.2, 0.25) is 0 Å². The van der Waals surface area contributed by atoms with E-state index in [0.717, 1.165) is 15.4 Å². The quantitative estimate of drug-likeness (QED) is 0.505. The van der Waals surface area contributed by atoms with Crippen LogP contribution in [-0.2, 0) is 0 Å². The number of pyridine rings is 1. The summed E-state index contributed by atoms with van der Waals surface area (Å²) in [6.07, 6.45) is -0.616. The maximum atomic E-state index is 12.3. The molecule has 0 aliphatic rings. The third-order valence-electron chi connectivity index (χ3n) is 3.52. The van der Waals surface area contributed by atoms with Crippen molar-refractivity contribution in [2.45, 2.75) is 6.92 Å². The molecule has 2 aromatic carbocycles. The van der Waals surface area contributed by atoms with E-state index in [0.29, 0.717) is 27.3 Å². The van der Waals surface area contributed by atoms with Crippen molar-refractivity contribution in [1.82, 2.24) is 4.98 Å². The van der Waals surface area contributed by atoms with Gasteiger partial charge in [-0.25, -0.2) is 9.78 Å². The number of nitrogens with one attached hydrogen (secondary N) is 1. The van der Waals surface area contributed by atoms with Gasteiger partial charge in [0.1, 0.15) is 15.9 Å². The number of nitrogens with zero attached hydrogens (tertiary/aromatic N) is 1. The Morgan fingerprint density at radius 3 is 2.68 bits per heavy atom. The molecule has 0 spiro atoms. The molecule has 0 saturated heterocycles. The lowest BCUT2D eigenvalue weighted by Crippen LogP contribution is -2.17. The number of benzene rings is 2. The zero-order valence-electron chi connectivity index (χ0n) is 13.5. The Hall–Kier alpha value is -2.12. The van der Waals surface area contributed by atoms with Gasteiger partial charge in [-0.3, -0.25) is 5.32 Å². The highest BCUT2D eigenvalue weighted by atomic mass is 79.9. The summed E-state index contributed by atoms with van der Waals surface area (Å²) in [6, 6.07) is 12.7. The lowest BCUT2D eigenvalue weighted by Gasteiger charge is -2.12. The molecule has 7 heteroatoms. The van der Waals surface area contributed by atoms with Crippen LogP contribution in [0.15, 0.2) is 51.5 Å². The second kappa shape index (κ2) is 7.41. The van der Waals surface area contributed by atoms with Gasteiger partial charge in [0.25, 0.3) is 0 Å². The number of aromatic nitrogens is 1. The van der Waals surface area contributed by atoms with Gasteiger partial charge in [-0.15, -0.1) is 0 Å². The van der Waals surface area contributed by atoms with Crippen molar-refractivity contribution in [2.75, 3.05) is 12.4 Å². The number of fused-ring (bicyclic) bond motifs is 1. The van der Waals surface area contributed by atoms with E-state index in [2.05, 4.69) is 42.2 Å². The van der Waals surface area contributed by atoms with Gasteiger partial charge >= 0.3 is 6.09 Å². The maximum Gasteiger partial charge on any atom is 0.417 e. The van der Waals surface area contributed by atoms with E-state index in [9.17, 15) is 4.79 Å². The van der Waals surface area contributed by atoms with Gasteiger partial charge in [-0.05, 0) is 68.6 Å². The van der Waals surface area contributed by atoms with Crippen LogP contribution >= 0.6 is 31.9 Å². The van der Waals surface area contributed by atoms with Crippen molar-refractivity contribution < 1.29 is 14.3 Å². The highest BCUT2D eigenvalue weighted by Gasteiger charge is 2.14. The number of methoxy groups -OCH3 is 1. The smallest absolute Gasteiger partial charge is 0.417 e. The number of hydrogen-bond acceptors (Lipinski definition) is 4. The summed E-state index contributed by atoms with van der Waals surface area (Å²) < 4.78 is 12.2. The van der Waals surface area contributed by atoms with Gasteiger partial charge < -0.3 is 9.47 Å². The molecule has 0 atom stereocenters. The number of carbonyl (C=O) groups excluding carboxylic acids is 1. The number of carbonyl (C=O) groups is 1. The predicted octanol–water partition coefficient (Wildman–Crippen LogP) is 5.69. The van der Waals surface area contributed by atoms with Crippen LogP contribution in [0.4, 0.5) is 10.5 Å². The largest absolute Gasteiger partial charge is 0.495 e. The van der Waals surface area contributed by atoms with Crippen molar-refractivity contribution in [2.24, 2.45) is 0 Å². The minimum Gasteiger partial charge on any atom is -0.495 e.